The van der Waals surface area contributed by atoms with Gasteiger partial charge < -0.3 is 40.6 Å². The molecule has 10 nitrogen and oxygen atoms in total. The minimum Gasteiger partial charge on any atom is -1.00 e. The second-order valence-electron chi connectivity index (χ2n) is 19.3. The van der Waals surface area contributed by atoms with E-state index in [1.807, 2.05) is 158 Å². The summed E-state index contributed by atoms with van der Waals surface area (Å²) in [7, 11) is 2.95. The van der Waals surface area contributed by atoms with E-state index >= 15 is 0 Å². The molecule has 1 aromatic heterocycles. The number of rotatable bonds is 8. The molecule has 1 heterocycles. The fraction of sp³-hybridized carbons (Fsp3) is 0.0845. The quantitative estimate of drug-likeness (QED) is 0.0197. The molecule has 0 unspecified atom stereocenters. The van der Waals surface area contributed by atoms with Gasteiger partial charge in [-0.15, -0.1) is 70.5 Å². The normalized spacial score (nSPS) is 9.85. The molecule has 0 aliphatic heterocycles. The third-order valence-corrected chi connectivity index (χ3v) is 16.1. The second kappa shape index (κ2) is 49.1. The van der Waals surface area contributed by atoms with E-state index in [0.717, 1.165) is 62.5 Å². The minimum atomic E-state index is -1.52. The number of fused-ring (bicyclic) bond motifs is 8. The van der Waals surface area contributed by atoms with Crippen LogP contribution in [-0.2, 0) is 9.68 Å². The van der Waals surface area contributed by atoms with Crippen LogP contribution < -0.4 is 123 Å². The number of benzene rings is 12. The van der Waals surface area contributed by atoms with Gasteiger partial charge in [-0.2, -0.15) is 0 Å². The summed E-state index contributed by atoms with van der Waals surface area (Å²) in [4.78, 5) is 11.2. The molecule has 0 atom stereocenters. The number of halogens is 13. The third kappa shape index (κ3) is 28.5. The van der Waals surface area contributed by atoms with Crippen LogP contribution in [0.15, 0.2) is 245 Å². The molecule has 0 amide bonds. The molecule has 0 spiro atoms. The molecule has 0 saturated carbocycles. The van der Waals surface area contributed by atoms with E-state index in [-0.39, 0.29) is 144 Å². The van der Waals surface area contributed by atoms with E-state index in [1.54, 1.807) is 43.4 Å². The van der Waals surface area contributed by atoms with E-state index in [4.69, 9.17) is 47.1 Å². The van der Waals surface area contributed by atoms with Crippen LogP contribution in [0, 0.1) is 21.0 Å². The molecule has 0 saturated heterocycles. The van der Waals surface area contributed by atoms with E-state index in [0.29, 0.717) is 54.9 Å². The van der Waals surface area contributed by atoms with E-state index in [1.165, 1.54) is 39.7 Å². The molecular formula is C71H59B2Br7Cl2F3IK2NO9P. The molecular weight excluding hydrogens is 1960 g/mol. The van der Waals surface area contributed by atoms with Crippen molar-refractivity contribution >= 4 is 253 Å². The van der Waals surface area contributed by atoms with Crippen LogP contribution in [0.1, 0.15) is 16.7 Å². The summed E-state index contributed by atoms with van der Waals surface area (Å²) in [6.45, 7) is 4.65. The van der Waals surface area contributed by atoms with Crippen molar-refractivity contribution < 1.29 is 163 Å². The number of alkyl halides is 2. The van der Waals surface area contributed by atoms with Gasteiger partial charge >= 0.3 is 113 Å². The minimum absolute atomic E-state index is 0. The van der Waals surface area contributed by atoms with Crippen molar-refractivity contribution in [3.05, 3.63) is 257 Å². The van der Waals surface area contributed by atoms with Crippen LogP contribution in [0.4, 0.5) is 13.2 Å². The molecule has 0 radical (unpaired) electrons. The zero-order chi connectivity index (χ0) is 71.1. The first-order chi connectivity index (χ1) is 46.6. The summed E-state index contributed by atoms with van der Waals surface area (Å²) in [6.07, 6.45) is 0. The van der Waals surface area contributed by atoms with Crippen molar-refractivity contribution in [3.8, 4) is 39.5 Å². The average molecular weight is 2020 g/mol. The molecule has 0 fully saturated rings. The molecule has 3 N–H and O–H groups in total. The SMILES string of the molecule is BrB(Br)Br.Brc1ccc2c(c1)oc1ccc3ccccc3c12.CCOc1ccc2ccccc2c1-c1ccc(Br)cc1F.CCOc1ccc2ccccc2c1B(O)O.CN=P.ClCCl.Fc1cc(Br)ccc1I.O=CO[O-].Oc1ccc2ccccc2c1-c1ccc(Br)cc1F.[H-].[HH].[K+].[K+]. The van der Waals surface area contributed by atoms with Crippen LogP contribution >= 0.6 is 166 Å². The van der Waals surface area contributed by atoms with Gasteiger partial charge in [0.05, 0.1) is 18.6 Å². The van der Waals surface area contributed by atoms with Gasteiger partial charge in [0.2, 0.25) is 0 Å². The first kappa shape index (κ1) is 91.4. The molecule has 506 valence electrons. The van der Waals surface area contributed by atoms with E-state index in [2.05, 4.69) is 172 Å². The Labute approximate surface area is 745 Å². The third-order valence-electron chi connectivity index (χ3n) is 13.2. The van der Waals surface area contributed by atoms with Crippen LogP contribution in [0.3, 0.4) is 0 Å². The molecule has 28 heteroatoms. The zero-order valence-corrected chi connectivity index (χ0v) is 75.3. The summed E-state index contributed by atoms with van der Waals surface area (Å²) in [6, 6.07) is 67.8. The fourth-order valence-corrected chi connectivity index (χ4v) is 11.2. The number of carbonyl (C=O) groups is 1. The number of aromatic hydroxyl groups is 1. The molecule has 0 bridgehead atoms. The van der Waals surface area contributed by atoms with Crippen molar-refractivity contribution in [2.45, 2.75) is 13.8 Å². The van der Waals surface area contributed by atoms with Crippen LogP contribution in [0.2, 0.25) is 0 Å². The van der Waals surface area contributed by atoms with Gasteiger partial charge in [-0.05, 0) is 173 Å². The molecule has 13 rings (SSSR count). The Hall–Kier alpha value is -1.81. The van der Waals surface area contributed by atoms with Gasteiger partial charge in [-0.25, -0.2) is 13.2 Å². The summed E-state index contributed by atoms with van der Waals surface area (Å²) >= 11 is 33.9. The number of ether oxygens (including phenoxy) is 2. The standard InChI is InChI=1S/C18H14BrFO.C16H10BrFO.C16H9BrO.C12H13BO3.C6H3BrFI.CH2Cl2.CH4NP.CH2O3.BBr3.2K.H2.H/c1-2-21-17-10-7-12-5-3-4-6-14(12)18(17)15-9-8-13(19)11-16(15)20;17-11-6-7-13(14(18)9-11)16-12-4-2-1-3-10(12)5-8-15(16)19;17-11-6-7-13-15(9-11)18-14-8-5-10-3-1-2-4-12(10)16(13)14;1-2-16-11-8-7-9-5-3-4-6-10(9)12(11)13(14)15;7-4-1-2-6(9)5(8)3-4;2-1-3;1-2-3;2-1-4-3;2-1(3)4;;;;/h3-11H,2H2,1H3;1-9,19H;1-9H;3-8,14-15H,2H2,1H3;1-3H;1H2;3H,1H3;1,3H;;;;1H;/q;;;;;;;;;2*+1;;-1/p-1. The van der Waals surface area contributed by atoms with E-state index in [9.17, 15) is 28.3 Å². The molecule has 99 heavy (non-hydrogen) atoms. The van der Waals surface area contributed by atoms with Crippen LogP contribution in [0.25, 0.3) is 87.3 Å². The van der Waals surface area contributed by atoms with Gasteiger partial charge in [-0.1, -0.05) is 197 Å². The molecule has 13 aromatic rings. The molecule has 0 aliphatic rings. The van der Waals surface area contributed by atoms with Crippen molar-refractivity contribution in [2.75, 3.05) is 25.6 Å². The van der Waals surface area contributed by atoms with Crippen molar-refractivity contribution in [3.63, 3.8) is 0 Å². The fourth-order valence-electron chi connectivity index (χ4n) is 9.55. The Bertz CT molecular complexity index is 4740. The first-order valence-corrected chi connectivity index (χ1v) is 37.0. The first-order valence-electron chi connectivity index (χ1n) is 28.5. The van der Waals surface area contributed by atoms with Crippen molar-refractivity contribution in [1.82, 2.24) is 0 Å². The summed E-state index contributed by atoms with van der Waals surface area (Å²) in [5.74, 6) is 0.515. The second-order valence-corrected chi connectivity index (χ2v) is 31.8. The number of hydrogen-bond acceptors (Lipinski definition) is 10. The van der Waals surface area contributed by atoms with Gasteiger partial charge in [0.1, 0.15) is 45.9 Å². The Morgan fingerprint density at radius 2 is 0.939 bits per heavy atom. The number of phenolic OH excluding ortho intramolecular Hbond substituents is 1. The Balaban J connectivity index is 0.000000605. The summed E-state index contributed by atoms with van der Waals surface area (Å²) in [5, 5.41) is 48.0. The maximum atomic E-state index is 14.4. The van der Waals surface area contributed by atoms with Crippen LogP contribution in [-0.4, -0.2) is 57.5 Å². The predicted molar refractivity (Wildman–Crippen MR) is 434 cm³/mol. The largest absolute Gasteiger partial charge is 1.00 e. The monoisotopic (exact) mass is 2010 g/mol. The molecule has 0 aliphatic carbocycles. The maximum Gasteiger partial charge on any atom is 1.00 e. The number of hydrogen-bond donors (Lipinski definition) is 3. The number of carbonyl (C=O) groups excluding carboxylic acids is 1. The Kier molecular flexibility index (Phi) is 45.4. The van der Waals surface area contributed by atoms with E-state index < -0.39 is 7.12 Å². The summed E-state index contributed by atoms with van der Waals surface area (Å²) in [5.41, 5.74) is 4.59. The van der Waals surface area contributed by atoms with Gasteiger partial charge in [0, 0.05) is 68.4 Å². The summed E-state index contributed by atoms with van der Waals surface area (Å²) < 4.78 is 65.5. The van der Waals surface area contributed by atoms with Gasteiger partial charge in [0.25, 0.3) is 6.47 Å². The van der Waals surface area contributed by atoms with Gasteiger partial charge in [0.15, 0.2) is 0 Å². The smallest absolute Gasteiger partial charge is 1.00 e. The number of nitrogens with zero attached hydrogens (tertiary/aromatic N) is 1. The Morgan fingerprint density at radius 3 is 1.40 bits per heavy atom. The number of phenols is 1. The molecule has 12 aromatic carbocycles. The van der Waals surface area contributed by atoms with Crippen molar-refractivity contribution in [1.29, 1.82) is 0 Å². The maximum absolute atomic E-state index is 14.4. The number of furan rings is 1. The van der Waals surface area contributed by atoms with Crippen LogP contribution in [0.5, 0.6) is 17.2 Å². The predicted octanol–water partition coefficient (Wildman–Crippen LogP) is 17.9. The zero-order valence-electron chi connectivity index (χ0n) is 54.3. The Morgan fingerprint density at radius 1 is 0.566 bits per heavy atom. The topological polar surface area (TPSA) is 154 Å². The average Bonchev–Trinajstić information content (AvgIpc) is 1.46. The van der Waals surface area contributed by atoms with Gasteiger partial charge in [-0.3, -0.25) is 9.54 Å². The van der Waals surface area contributed by atoms with Crippen molar-refractivity contribution in [2.24, 2.45) is 4.74 Å².